The summed E-state index contributed by atoms with van der Waals surface area (Å²) in [7, 11) is 0. The van der Waals surface area contributed by atoms with E-state index in [0.29, 0.717) is 18.5 Å². The monoisotopic (exact) mass is 374 g/mol. The highest BCUT2D eigenvalue weighted by atomic mass is 16.2. The normalized spacial score (nSPS) is 18.4. The Morgan fingerprint density at radius 2 is 1.43 bits per heavy atom. The van der Waals surface area contributed by atoms with Gasteiger partial charge in [-0.25, -0.2) is 9.69 Å². The lowest BCUT2D eigenvalue weighted by Crippen LogP contribution is -2.59. The Hall–Kier alpha value is -3.21. The number of urea groups is 1. The summed E-state index contributed by atoms with van der Waals surface area (Å²) < 4.78 is 0. The smallest absolute Gasteiger partial charge is 0.274 e. The van der Waals surface area contributed by atoms with E-state index in [-0.39, 0.29) is 6.42 Å². The molecule has 2 aliphatic rings. The fraction of sp³-hybridized carbons (Fsp3) is 0.261. The van der Waals surface area contributed by atoms with Crippen LogP contribution in [0.1, 0.15) is 30.4 Å². The van der Waals surface area contributed by atoms with E-state index in [4.69, 9.17) is 0 Å². The fourth-order valence-corrected chi connectivity index (χ4v) is 3.89. The number of carbonyl (C=O) groups is 3. The maximum Gasteiger partial charge on any atom is 0.338 e. The number of hydrogen-bond donors (Lipinski definition) is 0. The molecule has 2 fully saturated rings. The summed E-state index contributed by atoms with van der Waals surface area (Å²) in [6.45, 7) is 3.97. The number of carbonyl (C=O) groups excluding carboxylic acids is 3. The molecule has 28 heavy (non-hydrogen) atoms. The molecule has 1 saturated carbocycles. The minimum absolute atomic E-state index is 0.296. The molecule has 142 valence electrons. The van der Waals surface area contributed by atoms with Gasteiger partial charge in [-0.3, -0.25) is 14.5 Å². The summed E-state index contributed by atoms with van der Waals surface area (Å²) in [4.78, 5) is 40.8. The van der Waals surface area contributed by atoms with Gasteiger partial charge in [0.1, 0.15) is 6.42 Å². The number of hydrogen-bond acceptors (Lipinski definition) is 3. The number of amides is 4. The highest BCUT2D eigenvalue weighted by molar-refractivity contribution is 6.15. The summed E-state index contributed by atoms with van der Waals surface area (Å²) in [6.07, 6.45) is 2.21. The highest BCUT2D eigenvalue weighted by Gasteiger charge is 2.56. The molecule has 0 atom stereocenters. The third-order valence-corrected chi connectivity index (χ3v) is 5.43. The van der Waals surface area contributed by atoms with E-state index in [9.17, 15) is 14.4 Å². The molecule has 4 rings (SSSR count). The molecule has 5 heteroatoms. The Bertz CT molecular complexity index is 933. The molecule has 5 nitrogen and oxygen atoms in total. The van der Waals surface area contributed by atoms with Crippen molar-refractivity contribution in [2.45, 2.75) is 37.6 Å². The molecule has 2 aromatic rings. The van der Waals surface area contributed by atoms with Gasteiger partial charge in [0.2, 0.25) is 11.8 Å². The van der Waals surface area contributed by atoms with Crippen LogP contribution in [0.4, 0.5) is 4.79 Å². The third-order valence-electron chi connectivity index (χ3n) is 5.43. The molecule has 0 unspecified atom stereocenters. The average Bonchev–Trinajstić information content (AvgIpc) is 3.42. The quantitative estimate of drug-likeness (QED) is 0.725. The van der Waals surface area contributed by atoms with Crippen molar-refractivity contribution in [3.8, 4) is 0 Å². The Morgan fingerprint density at radius 1 is 0.857 bits per heavy atom. The first-order chi connectivity index (χ1) is 13.5. The molecule has 1 aliphatic heterocycles. The maximum atomic E-state index is 13.2. The van der Waals surface area contributed by atoms with Crippen LogP contribution < -0.4 is 0 Å². The summed E-state index contributed by atoms with van der Waals surface area (Å²) in [5.74, 6) is -0.908. The Balaban J connectivity index is 1.57. The predicted molar refractivity (Wildman–Crippen MR) is 105 cm³/mol. The van der Waals surface area contributed by atoms with Gasteiger partial charge in [0, 0.05) is 12.1 Å². The van der Waals surface area contributed by atoms with Crippen LogP contribution in [0.2, 0.25) is 0 Å². The summed E-state index contributed by atoms with van der Waals surface area (Å²) >= 11 is 0. The lowest BCUT2D eigenvalue weighted by molar-refractivity contribution is -0.143. The van der Waals surface area contributed by atoms with Crippen molar-refractivity contribution >= 4 is 17.8 Å². The fourth-order valence-electron chi connectivity index (χ4n) is 3.89. The van der Waals surface area contributed by atoms with E-state index in [0.717, 1.165) is 28.9 Å². The number of barbiturate groups is 1. The molecule has 1 heterocycles. The van der Waals surface area contributed by atoms with Gasteiger partial charge in [-0.2, -0.15) is 0 Å². The van der Waals surface area contributed by atoms with E-state index >= 15 is 0 Å². The van der Waals surface area contributed by atoms with Crippen LogP contribution in [0.15, 0.2) is 72.9 Å². The van der Waals surface area contributed by atoms with Crippen LogP contribution in [0.25, 0.3) is 0 Å². The number of benzene rings is 2. The second kappa shape index (κ2) is 7.08. The summed E-state index contributed by atoms with van der Waals surface area (Å²) in [6, 6.07) is 18.8. The first-order valence-electron chi connectivity index (χ1n) is 9.46. The van der Waals surface area contributed by atoms with Gasteiger partial charge in [0.05, 0.1) is 5.54 Å². The van der Waals surface area contributed by atoms with E-state index in [1.807, 2.05) is 60.7 Å². The minimum atomic E-state index is -0.560. The Morgan fingerprint density at radius 3 is 2.00 bits per heavy atom. The van der Waals surface area contributed by atoms with Crippen LogP contribution in [0.5, 0.6) is 0 Å². The van der Waals surface area contributed by atoms with E-state index in [1.165, 1.54) is 4.90 Å². The topological polar surface area (TPSA) is 57.7 Å². The van der Waals surface area contributed by atoms with Crippen molar-refractivity contribution in [1.82, 2.24) is 9.80 Å². The highest BCUT2D eigenvalue weighted by Crippen LogP contribution is 2.46. The van der Waals surface area contributed by atoms with Crippen molar-refractivity contribution in [3.05, 3.63) is 84.1 Å². The Kier molecular flexibility index (Phi) is 4.59. The molecule has 2 aromatic carbocycles. The average molecular weight is 374 g/mol. The van der Waals surface area contributed by atoms with Gasteiger partial charge in [0.25, 0.3) is 0 Å². The van der Waals surface area contributed by atoms with Gasteiger partial charge in [-0.1, -0.05) is 67.2 Å². The zero-order chi connectivity index (χ0) is 19.7. The molecule has 4 amide bonds. The lowest BCUT2D eigenvalue weighted by Gasteiger charge is -2.38. The third kappa shape index (κ3) is 3.36. The first-order valence-corrected chi connectivity index (χ1v) is 9.46. The maximum absolute atomic E-state index is 13.2. The molecule has 0 aromatic heterocycles. The lowest BCUT2D eigenvalue weighted by atomic mass is 10.0. The van der Waals surface area contributed by atoms with Crippen LogP contribution >= 0.6 is 0 Å². The molecule has 0 spiro atoms. The van der Waals surface area contributed by atoms with Gasteiger partial charge in [-0.15, -0.1) is 0 Å². The van der Waals surface area contributed by atoms with Crippen molar-refractivity contribution in [2.75, 3.05) is 0 Å². The van der Waals surface area contributed by atoms with Crippen LogP contribution in [-0.2, 0) is 22.4 Å². The summed E-state index contributed by atoms with van der Waals surface area (Å²) in [5.41, 5.74) is 1.91. The van der Waals surface area contributed by atoms with Crippen LogP contribution in [0.3, 0.4) is 0 Å². The largest absolute Gasteiger partial charge is 0.338 e. The molecule has 0 N–H and O–H groups in total. The van der Waals surface area contributed by atoms with Crippen molar-refractivity contribution in [2.24, 2.45) is 0 Å². The molecular formula is C23H22N2O3. The van der Waals surface area contributed by atoms with E-state index < -0.39 is 23.4 Å². The van der Waals surface area contributed by atoms with Crippen LogP contribution in [0, 0.1) is 0 Å². The van der Waals surface area contributed by atoms with Crippen molar-refractivity contribution in [1.29, 1.82) is 0 Å². The second-order valence-electron chi connectivity index (χ2n) is 7.53. The second-order valence-corrected chi connectivity index (χ2v) is 7.53. The predicted octanol–water partition coefficient (Wildman–Crippen LogP) is 3.70. The van der Waals surface area contributed by atoms with Gasteiger partial charge < -0.3 is 0 Å². The number of rotatable bonds is 6. The van der Waals surface area contributed by atoms with Crippen LogP contribution in [-0.4, -0.2) is 33.2 Å². The van der Waals surface area contributed by atoms with E-state index in [1.54, 1.807) is 0 Å². The minimum Gasteiger partial charge on any atom is -0.274 e. The number of allylic oxidation sites excluding steroid dienone is 1. The molecule has 0 radical (unpaired) electrons. The van der Waals surface area contributed by atoms with E-state index in [2.05, 4.69) is 6.58 Å². The zero-order valence-corrected chi connectivity index (χ0v) is 15.6. The van der Waals surface area contributed by atoms with Crippen molar-refractivity contribution < 1.29 is 14.4 Å². The summed E-state index contributed by atoms with van der Waals surface area (Å²) in [5, 5.41) is 0. The Labute approximate surface area is 164 Å². The van der Waals surface area contributed by atoms with Crippen molar-refractivity contribution in [3.63, 3.8) is 0 Å². The molecule has 0 bridgehead atoms. The molecule has 1 saturated heterocycles. The SMILES string of the molecule is C=C(Cc1ccccc1)N1C(=O)CC(=O)N(C2(Cc3ccccc3)CC2)C1=O. The zero-order valence-electron chi connectivity index (χ0n) is 15.6. The first kappa shape index (κ1) is 18.2. The van der Waals surface area contributed by atoms with Gasteiger partial charge in [0.15, 0.2) is 0 Å². The standard InChI is InChI=1S/C23H22N2O3/c1-17(14-18-8-4-2-5-9-18)24-20(26)15-21(27)25(22(24)28)23(12-13-23)16-19-10-6-3-7-11-19/h2-11H,1,12-16H2. The molecule has 1 aliphatic carbocycles. The number of imide groups is 2. The molecular weight excluding hydrogens is 352 g/mol. The van der Waals surface area contributed by atoms with Gasteiger partial charge >= 0.3 is 6.03 Å². The number of nitrogens with zero attached hydrogens (tertiary/aromatic N) is 2. The van der Waals surface area contributed by atoms with Gasteiger partial charge in [-0.05, 0) is 30.4 Å².